The van der Waals surface area contributed by atoms with E-state index in [1.807, 2.05) is 6.07 Å². The van der Waals surface area contributed by atoms with Crippen LogP contribution < -0.4 is 10.1 Å². The Balaban J connectivity index is 1.78. The number of hydrogen-bond acceptors (Lipinski definition) is 7. The number of sulfonamides is 1. The first-order valence-corrected chi connectivity index (χ1v) is 13.4. The molecule has 9 nitrogen and oxygen atoms in total. The molecule has 204 valence electrons. The van der Waals surface area contributed by atoms with Gasteiger partial charge in [0, 0.05) is 24.7 Å². The van der Waals surface area contributed by atoms with E-state index in [9.17, 15) is 18.0 Å². The summed E-state index contributed by atoms with van der Waals surface area (Å²) >= 11 is 18.2. The number of methoxy groups -OCH3 is 1. The van der Waals surface area contributed by atoms with Crippen molar-refractivity contribution < 1.29 is 31.9 Å². The second kappa shape index (κ2) is 12.6. The number of rotatable bonds is 9. The number of nitriles is 1. The summed E-state index contributed by atoms with van der Waals surface area (Å²) in [5, 5.41) is 11.6. The maximum absolute atomic E-state index is 15.2. The number of carbonyl (C=O) groups is 2. The molecule has 0 spiro atoms. The van der Waals surface area contributed by atoms with Gasteiger partial charge in [0.15, 0.2) is 11.6 Å². The zero-order valence-corrected chi connectivity index (χ0v) is 23.4. The smallest absolute Gasteiger partial charge is 0.266 e. The van der Waals surface area contributed by atoms with E-state index in [1.165, 1.54) is 43.5 Å². The van der Waals surface area contributed by atoms with Crippen LogP contribution >= 0.6 is 34.8 Å². The average Bonchev–Trinajstić information content (AvgIpc) is 2.88. The fourth-order valence-corrected chi connectivity index (χ4v) is 5.08. The number of halogens is 4. The minimum Gasteiger partial charge on any atom is -0.453 e. The van der Waals surface area contributed by atoms with E-state index in [2.05, 4.69) is 10.1 Å². The van der Waals surface area contributed by atoms with Gasteiger partial charge in [-0.15, -0.1) is 0 Å². The van der Waals surface area contributed by atoms with Crippen LogP contribution in [0.3, 0.4) is 0 Å². The van der Waals surface area contributed by atoms with E-state index >= 15 is 4.39 Å². The van der Waals surface area contributed by atoms with Crippen LogP contribution in [0.25, 0.3) is 0 Å². The molecule has 0 aromatic heterocycles. The van der Waals surface area contributed by atoms with Crippen molar-refractivity contribution in [1.82, 2.24) is 4.31 Å². The van der Waals surface area contributed by atoms with Gasteiger partial charge in [0.25, 0.3) is 15.9 Å². The summed E-state index contributed by atoms with van der Waals surface area (Å²) in [7, 11) is -1.89. The predicted molar refractivity (Wildman–Crippen MR) is 143 cm³/mol. The molecule has 0 bridgehead atoms. The van der Waals surface area contributed by atoms with Crippen molar-refractivity contribution in [2.45, 2.75) is 11.3 Å². The summed E-state index contributed by atoms with van der Waals surface area (Å²) in [4.78, 5) is 24.3. The molecule has 0 radical (unpaired) electrons. The zero-order chi connectivity index (χ0) is 28.9. The molecule has 0 saturated carbocycles. The number of ether oxygens (including phenoxy) is 2. The second-order valence-corrected chi connectivity index (χ2v) is 11.1. The lowest BCUT2D eigenvalue weighted by Gasteiger charge is -2.18. The molecule has 14 heteroatoms. The van der Waals surface area contributed by atoms with Gasteiger partial charge in [0.05, 0.1) is 38.7 Å². The quantitative estimate of drug-likeness (QED) is 0.341. The molecule has 3 aromatic carbocycles. The van der Waals surface area contributed by atoms with Crippen molar-refractivity contribution in [2.75, 3.05) is 26.1 Å². The highest BCUT2D eigenvalue weighted by atomic mass is 35.5. The van der Waals surface area contributed by atoms with Crippen LogP contribution in [0.1, 0.15) is 11.1 Å². The third-order valence-electron chi connectivity index (χ3n) is 5.19. The summed E-state index contributed by atoms with van der Waals surface area (Å²) in [5.41, 5.74) is 0.178. The molecular weight excluding hydrogens is 596 g/mol. The Bertz CT molecular complexity index is 1590. The zero-order valence-electron chi connectivity index (χ0n) is 20.3. The number of likely N-dealkylation sites (N-methyl/N-ethyl adjacent to an activating group) is 1. The second-order valence-electron chi connectivity index (χ2n) is 7.90. The molecule has 0 saturated heterocycles. The fourth-order valence-electron chi connectivity index (χ4n) is 3.24. The Labute approximate surface area is 238 Å². The molecular formula is C25H19Cl3FN3O6S. The minimum absolute atomic E-state index is 0.0558. The first-order chi connectivity index (χ1) is 18.4. The van der Waals surface area contributed by atoms with Gasteiger partial charge in [-0.25, -0.2) is 17.1 Å². The molecule has 3 rings (SSSR count). The maximum Gasteiger partial charge on any atom is 0.266 e. The summed E-state index contributed by atoms with van der Waals surface area (Å²) in [6, 6.07) is 12.1. The number of nitrogens with zero attached hydrogens (tertiary/aromatic N) is 2. The Morgan fingerprint density at radius 1 is 1.08 bits per heavy atom. The molecule has 3 aromatic rings. The standard InChI is InChI=1S/C25H19Cl3FN3O6S/c1-32(23(34)13-37-2)39(35,36)18-4-6-21(20(28)11-18)31-22(33)9-15-3-5-19(27)25(24(15)29)38-17-8-14(12-30)7-16(26)10-17/h3-8,10-11H,9,13H2,1-2H3,(H,31,33). The average molecular weight is 615 g/mol. The fraction of sp³-hybridized carbons (Fsp3) is 0.160. The molecule has 0 fully saturated rings. The Kier molecular flexibility index (Phi) is 9.77. The van der Waals surface area contributed by atoms with Gasteiger partial charge >= 0.3 is 0 Å². The molecule has 1 N–H and O–H groups in total. The van der Waals surface area contributed by atoms with Crippen molar-refractivity contribution in [1.29, 1.82) is 5.26 Å². The van der Waals surface area contributed by atoms with Crippen LogP contribution in [0.5, 0.6) is 11.5 Å². The van der Waals surface area contributed by atoms with Crippen molar-refractivity contribution >= 4 is 62.3 Å². The molecule has 0 unspecified atom stereocenters. The van der Waals surface area contributed by atoms with Gasteiger partial charge in [-0.3, -0.25) is 9.59 Å². The number of nitrogens with one attached hydrogen (secondary N) is 1. The first kappa shape index (κ1) is 30.1. The SMILES string of the molecule is COCC(=O)N(C)S(=O)(=O)c1ccc(NC(=O)Cc2ccc(Cl)c(Oc3cc(Cl)cc(C#N)c3)c2F)c(Cl)c1. The van der Waals surface area contributed by atoms with Gasteiger partial charge in [-0.1, -0.05) is 40.9 Å². The van der Waals surface area contributed by atoms with E-state index in [-0.39, 0.29) is 48.3 Å². The van der Waals surface area contributed by atoms with Crippen molar-refractivity contribution in [3.05, 3.63) is 80.5 Å². The summed E-state index contributed by atoms with van der Waals surface area (Å²) in [5.74, 6) is -2.68. The topological polar surface area (TPSA) is 126 Å². The van der Waals surface area contributed by atoms with E-state index < -0.39 is 40.7 Å². The molecule has 0 heterocycles. The summed E-state index contributed by atoms with van der Waals surface area (Å²) in [6.45, 7) is -0.439. The molecule has 0 atom stereocenters. The van der Waals surface area contributed by atoms with Crippen LogP contribution in [0.2, 0.25) is 15.1 Å². The van der Waals surface area contributed by atoms with Crippen LogP contribution in [0, 0.1) is 17.1 Å². The molecule has 0 aliphatic rings. The minimum atomic E-state index is -4.22. The molecule has 0 aliphatic heterocycles. The predicted octanol–water partition coefficient (Wildman–Crippen LogP) is 5.42. The van der Waals surface area contributed by atoms with Crippen molar-refractivity contribution in [3.8, 4) is 17.6 Å². The van der Waals surface area contributed by atoms with Gasteiger partial charge in [0.2, 0.25) is 5.91 Å². The third kappa shape index (κ3) is 7.17. The monoisotopic (exact) mass is 613 g/mol. The lowest BCUT2D eigenvalue weighted by atomic mass is 10.1. The summed E-state index contributed by atoms with van der Waals surface area (Å²) in [6.07, 6.45) is -0.455. The van der Waals surface area contributed by atoms with Crippen molar-refractivity contribution in [2.24, 2.45) is 0 Å². The van der Waals surface area contributed by atoms with Crippen LogP contribution in [0.4, 0.5) is 10.1 Å². The van der Waals surface area contributed by atoms with Gasteiger partial charge < -0.3 is 14.8 Å². The molecule has 0 aliphatic carbocycles. The van der Waals surface area contributed by atoms with Gasteiger partial charge in [-0.05, 0) is 42.5 Å². The number of amides is 2. The Hall–Kier alpha value is -3.40. The lowest BCUT2D eigenvalue weighted by molar-refractivity contribution is -0.129. The van der Waals surface area contributed by atoms with Gasteiger partial charge in [0.1, 0.15) is 12.4 Å². The number of benzene rings is 3. The Morgan fingerprint density at radius 2 is 1.79 bits per heavy atom. The van der Waals surface area contributed by atoms with E-state index in [0.29, 0.717) is 4.31 Å². The van der Waals surface area contributed by atoms with Crippen LogP contribution in [0.15, 0.2) is 53.4 Å². The highest BCUT2D eigenvalue weighted by Gasteiger charge is 2.26. The first-order valence-electron chi connectivity index (χ1n) is 10.8. The molecule has 2 amide bonds. The van der Waals surface area contributed by atoms with Crippen LogP contribution in [-0.4, -0.2) is 45.3 Å². The number of anilines is 1. The highest BCUT2D eigenvalue weighted by Crippen LogP contribution is 2.35. The highest BCUT2D eigenvalue weighted by molar-refractivity contribution is 7.89. The largest absolute Gasteiger partial charge is 0.453 e. The van der Waals surface area contributed by atoms with E-state index in [1.54, 1.807) is 0 Å². The third-order valence-corrected chi connectivity index (χ3v) is 7.80. The normalized spacial score (nSPS) is 11.0. The summed E-state index contributed by atoms with van der Waals surface area (Å²) < 4.78 is 51.3. The Morgan fingerprint density at radius 3 is 2.44 bits per heavy atom. The van der Waals surface area contributed by atoms with E-state index in [4.69, 9.17) is 44.8 Å². The number of carbonyl (C=O) groups excluding carboxylic acids is 2. The maximum atomic E-state index is 15.2. The van der Waals surface area contributed by atoms with Crippen LogP contribution in [-0.2, 0) is 30.8 Å². The van der Waals surface area contributed by atoms with Crippen molar-refractivity contribution in [3.63, 3.8) is 0 Å². The number of hydrogen-bond donors (Lipinski definition) is 1. The molecule has 39 heavy (non-hydrogen) atoms. The van der Waals surface area contributed by atoms with E-state index in [0.717, 1.165) is 19.2 Å². The lowest BCUT2D eigenvalue weighted by Crippen LogP contribution is -2.35. The van der Waals surface area contributed by atoms with Gasteiger partial charge in [-0.2, -0.15) is 5.26 Å².